The first kappa shape index (κ1) is 45.3. The van der Waals surface area contributed by atoms with Gasteiger partial charge in [0, 0.05) is 25.5 Å². The Balaban J connectivity index is 0.000000530. The van der Waals surface area contributed by atoms with Gasteiger partial charge in [0.2, 0.25) is 5.91 Å². The maximum absolute atomic E-state index is 12.9. The molecule has 1 aromatic carbocycles. The van der Waals surface area contributed by atoms with Gasteiger partial charge in [-0.2, -0.15) is 0 Å². The van der Waals surface area contributed by atoms with Crippen LogP contribution >= 0.6 is 0 Å². The summed E-state index contributed by atoms with van der Waals surface area (Å²) >= 11 is 0. The second kappa shape index (κ2) is 21.0. The van der Waals surface area contributed by atoms with Gasteiger partial charge in [0.15, 0.2) is 0 Å². The Morgan fingerprint density at radius 2 is 1.33 bits per heavy atom. The molecule has 0 saturated carbocycles. The summed E-state index contributed by atoms with van der Waals surface area (Å²) in [5, 5.41) is 9.42. The van der Waals surface area contributed by atoms with Crippen LogP contribution in [0.15, 0.2) is 42.7 Å². The molecule has 2 aliphatic rings. The molecule has 3 rings (SSSR count). The molecule has 1 aromatic rings. The van der Waals surface area contributed by atoms with E-state index in [1.807, 2.05) is 30.3 Å². The predicted octanol–water partition coefficient (Wildman–Crippen LogP) is 3.31. The third-order valence-corrected chi connectivity index (χ3v) is 6.92. The maximum Gasteiger partial charge on any atom is 0.415 e. The second-order valence-corrected chi connectivity index (χ2v) is 13.4. The van der Waals surface area contributed by atoms with Gasteiger partial charge in [0.1, 0.15) is 36.4 Å². The van der Waals surface area contributed by atoms with Crippen molar-refractivity contribution in [3.63, 3.8) is 0 Å². The highest BCUT2D eigenvalue weighted by Crippen LogP contribution is 2.20. The van der Waals surface area contributed by atoms with E-state index >= 15 is 0 Å². The summed E-state index contributed by atoms with van der Waals surface area (Å²) in [5.41, 5.74) is -0.466. The second-order valence-electron chi connectivity index (χ2n) is 13.4. The van der Waals surface area contributed by atoms with E-state index in [1.165, 1.54) is 32.0 Å². The molecule has 0 aromatic heterocycles. The number of hydrogen-bond acceptors (Lipinski definition) is 12. The van der Waals surface area contributed by atoms with E-state index in [1.54, 1.807) is 55.4 Å². The highest BCUT2D eigenvalue weighted by Gasteiger charge is 2.40. The largest absolute Gasteiger partial charge is 0.465 e. The lowest BCUT2D eigenvalue weighted by molar-refractivity contribution is -0.154. The normalized spacial score (nSPS) is 17.4. The molecule has 52 heavy (non-hydrogen) atoms. The van der Waals surface area contributed by atoms with Crippen LogP contribution in [0.1, 0.15) is 68.4 Å². The van der Waals surface area contributed by atoms with E-state index in [-0.39, 0.29) is 60.0 Å². The summed E-state index contributed by atoms with van der Waals surface area (Å²) in [7, 11) is 0. The summed E-state index contributed by atoms with van der Waals surface area (Å²) < 4.78 is 26.0. The summed E-state index contributed by atoms with van der Waals surface area (Å²) in [6.07, 6.45) is 1.48. The molecule has 1 N–H and O–H groups in total. The molecule has 16 heteroatoms. The van der Waals surface area contributed by atoms with E-state index in [0.29, 0.717) is 0 Å². The molecule has 1 saturated heterocycles. The average Bonchev–Trinajstić information content (AvgIpc) is 3.03. The van der Waals surface area contributed by atoms with Crippen molar-refractivity contribution >= 4 is 35.9 Å². The fraction of sp³-hybridized carbons (Fsp3) is 0.611. The average molecular weight is 737 g/mol. The van der Waals surface area contributed by atoms with Crippen molar-refractivity contribution < 1.29 is 57.6 Å². The van der Waals surface area contributed by atoms with Crippen LogP contribution in [0.25, 0.3) is 0 Å². The van der Waals surface area contributed by atoms with Crippen molar-refractivity contribution in [2.45, 2.75) is 92.7 Å². The van der Waals surface area contributed by atoms with Crippen molar-refractivity contribution in [2.24, 2.45) is 0 Å². The van der Waals surface area contributed by atoms with Crippen LogP contribution in [0.2, 0.25) is 0 Å². The number of carbonyl (C=O) groups excluding carboxylic acids is 6. The zero-order valence-electron chi connectivity index (χ0n) is 30.8. The first-order valence-electron chi connectivity index (χ1n) is 16.7. The number of amides is 4. The van der Waals surface area contributed by atoms with Crippen molar-refractivity contribution in [1.29, 1.82) is 0 Å². The monoisotopic (exact) mass is 736 g/mol. The van der Waals surface area contributed by atoms with Gasteiger partial charge in [-0.25, -0.2) is 9.59 Å². The highest BCUT2D eigenvalue weighted by atomic mass is 16.6. The number of rotatable bonds is 11. The molecule has 0 radical (unpaired) electrons. The number of esters is 2. The predicted molar refractivity (Wildman–Crippen MR) is 189 cm³/mol. The topological polar surface area (TPSA) is 182 Å². The lowest BCUT2D eigenvalue weighted by Gasteiger charge is -2.39. The molecule has 0 spiro atoms. The van der Waals surface area contributed by atoms with E-state index in [9.17, 15) is 33.9 Å². The molecule has 0 aliphatic carbocycles. The van der Waals surface area contributed by atoms with Crippen LogP contribution < -0.4 is 0 Å². The van der Waals surface area contributed by atoms with E-state index < -0.39 is 65.8 Å². The maximum atomic E-state index is 12.9. The third-order valence-electron chi connectivity index (χ3n) is 6.92. The number of hydrogen-bond donors (Lipinski definition) is 1. The number of carbonyl (C=O) groups is 6. The van der Waals surface area contributed by atoms with Gasteiger partial charge < -0.3 is 38.6 Å². The number of aliphatic hydroxyl groups excluding tert-OH is 1. The zero-order chi connectivity index (χ0) is 38.4. The van der Waals surface area contributed by atoms with Crippen LogP contribution in [-0.2, 0) is 49.5 Å². The van der Waals surface area contributed by atoms with Crippen molar-refractivity contribution in [3.05, 3.63) is 48.3 Å². The van der Waals surface area contributed by atoms with E-state index in [4.69, 9.17) is 23.7 Å². The third kappa shape index (κ3) is 14.9. The summed E-state index contributed by atoms with van der Waals surface area (Å²) in [6, 6.07) is 7.49. The van der Waals surface area contributed by atoms with E-state index in [0.717, 1.165) is 5.56 Å². The van der Waals surface area contributed by atoms with Crippen molar-refractivity contribution in [3.8, 4) is 0 Å². The highest BCUT2D eigenvalue weighted by molar-refractivity contribution is 5.91. The number of nitrogens with zero attached hydrogens (tertiary/aromatic N) is 4. The van der Waals surface area contributed by atoms with Gasteiger partial charge in [-0.15, -0.1) is 0 Å². The Kier molecular flexibility index (Phi) is 18.3. The minimum Gasteiger partial charge on any atom is -0.465 e. The lowest BCUT2D eigenvalue weighted by Crippen LogP contribution is -2.61. The minimum absolute atomic E-state index is 0. The standard InChI is InChI=1S/C21H28N2O6.C14H24N2O6.CH4/c1-5-28-18(24)13-22-11-12-23(20(26)29-21(2,3)4)17(19(22)25)15-27-14-16-9-7-6-8-10-16;1-5-21-11(18)8-15-6-7-16(10(9-17)12(15)19)13(20)22-14(2,3)4;/h6-12,17H,5,13-15H2,1-4H3;10,17H,5-9H2,1-4H3;1H4/t17-;10-;/m00./s1. The number of benzene rings is 1. The van der Waals surface area contributed by atoms with E-state index in [2.05, 4.69) is 0 Å². The number of aliphatic hydroxyl groups is 1. The molecule has 0 bridgehead atoms. The van der Waals surface area contributed by atoms with Crippen LogP contribution in [0.4, 0.5) is 9.59 Å². The summed E-state index contributed by atoms with van der Waals surface area (Å²) in [6.45, 7) is 13.9. The number of piperazine rings is 1. The molecule has 4 amide bonds. The Morgan fingerprint density at radius 1 is 0.769 bits per heavy atom. The fourth-order valence-corrected chi connectivity index (χ4v) is 4.71. The first-order chi connectivity index (χ1) is 23.9. The van der Waals surface area contributed by atoms with Crippen molar-refractivity contribution in [2.75, 3.05) is 52.6 Å². The Labute approximate surface area is 306 Å². The van der Waals surface area contributed by atoms with Crippen LogP contribution in [0.5, 0.6) is 0 Å². The smallest absolute Gasteiger partial charge is 0.415 e. The molecule has 292 valence electrons. The van der Waals surface area contributed by atoms with Gasteiger partial charge in [0.25, 0.3) is 5.91 Å². The molecular formula is C36H56N4O12. The molecule has 2 aliphatic heterocycles. The molecule has 16 nitrogen and oxygen atoms in total. The lowest BCUT2D eigenvalue weighted by atomic mass is 10.1. The first-order valence-corrected chi connectivity index (χ1v) is 16.7. The van der Waals surface area contributed by atoms with Crippen molar-refractivity contribution in [1.82, 2.24) is 19.6 Å². The fourth-order valence-electron chi connectivity index (χ4n) is 4.71. The minimum atomic E-state index is -1.04. The Bertz CT molecular complexity index is 1370. The van der Waals surface area contributed by atoms with Gasteiger partial charge >= 0.3 is 24.1 Å². The van der Waals surface area contributed by atoms with Crippen LogP contribution in [-0.4, -0.2) is 137 Å². The molecule has 2 heterocycles. The molecule has 0 unspecified atom stereocenters. The molecule has 1 fully saturated rings. The van der Waals surface area contributed by atoms with Gasteiger partial charge in [-0.1, -0.05) is 37.8 Å². The van der Waals surface area contributed by atoms with Crippen LogP contribution in [0, 0.1) is 0 Å². The number of ether oxygens (including phenoxy) is 5. The Morgan fingerprint density at radius 3 is 1.87 bits per heavy atom. The summed E-state index contributed by atoms with van der Waals surface area (Å²) in [4.78, 5) is 78.0. The molecular weight excluding hydrogens is 680 g/mol. The van der Waals surface area contributed by atoms with Gasteiger partial charge in [0.05, 0.1) is 33.0 Å². The Hall–Kier alpha value is -4.70. The summed E-state index contributed by atoms with van der Waals surface area (Å²) in [5.74, 6) is -1.98. The van der Waals surface area contributed by atoms with Gasteiger partial charge in [-0.05, 0) is 61.0 Å². The SMILES string of the molecule is C.CCOC(=O)CN1C=CN(C(=O)OC(C)(C)C)[C@@H](COCc2ccccc2)C1=O.CCOC(=O)CN1CCN(C(=O)OC(C)(C)C)[C@@H](CO)C1=O. The zero-order valence-corrected chi connectivity index (χ0v) is 30.8. The van der Waals surface area contributed by atoms with Gasteiger partial charge in [-0.3, -0.25) is 29.0 Å². The van der Waals surface area contributed by atoms with Crippen LogP contribution in [0.3, 0.4) is 0 Å². The quantitative estimate of drug-likeness (QED) is 0.259. The molecule has 2 atom stereocenters.